The first-order valence-electron chi connectivity index (χ1n) is 12.5. The second-order valence-electron chi connectivity index (χ2n) is 10.5. The fraction of sp³-hybridized carbons (Fsp3) is 0.333. The van der Waals surface area contributed by atoms with Gasteiger partial charge in [0, 0.05) is 15.6 Å². The van der Waals surface area contributed by atoms with Gasteiger partial charge < -0.3 is 0 Å². The van der Waals surface area contributed by atoms with Gasteiger partial charge in [-0.2, -0.15) is 0 Å². The van der Waals surface area contributed by atoms with Gasteiger partial charge in [0.15, 0.2) is 0 Å². The highest BCUT2D eigenvalue weighted by Crippen LogP contribution is 2.40. The number of fused-ring (bicyclic) bond motifs is 4. The molecule has 5 rings (SSSR count). The van der Waals surface area contributed by atoms with Crippen molar-refractivity contribution >= 4 is 55.7 Å². The van der Waals surface area contributed by atoms with Gasteiger partial charge in [0.05, 0.1) is 24.0 Å². The first kappa shape index (κ1) is 23.2. The van der Waals surface area contributed by atoms with Gasteiger partial charge >= 0.3 is 0 Å². The molecule has 3 aromatic carbocycles. The zero-order valence-corrected chi connectivity index (χ0v) is 23.0. The summed E-state index contributed by atoms with van der Waals surface area (Å²) in [5.41, 5.74) is 4.86. The molecule has 0 saturated heterocycles. The zero-order valence-electron chi connectivity index (χ0n) is 21.2. The fourth-order valence-corrected chi connectivity index (χ4v) is 10.6. The third kappa shape index (κ3) is 3.68. The number of rotatable bonds is 5. The van der Waals surface area contributed by atoms with E-state index in [1.165, 1.54) is 54.8 Å². The minimum atomic E-state index is -1.59. The van der Waals surface area contributed by atoms with Gasteiger partial charge in [-0.15, -0.1) is 11.3 Å². The summed E-state index contributed by atoms with van der Waals surface area (Å²) >= 11 is 1.84. The predicted octanol–water partition coefficient (Wildman–Crippen LogP) is 8.68. The summed E-state index contributed by atoms with van der Waals surface area (Å²) in [6.07, 6.45) is 1.75. The Morgan fingerprint density at radius 2 is 1.56 bits per heavy atom. The van der Waals surface area contributed by atoms with Crippen molar-refractivity contribution in [3.63, 3.8) is 0 Å². The van der Waals surface area contributed by atoms with Crippen LogP contribution in [0.25, 0.3) is 42.3 Å². The molecule has 0 saturated carbocycles. The molecular weight excluding hydrogens is 448 g/mol. The molecule has 174 valence electrons. The van der Waals surface area contributed by atoms with Crippen LogP contribution in [0.15, 0.2) is 60.9 Å². The van der Waals surface area contributed by atoms with Crippen LogP contribution in [0.2, 0.25) is 18.1 Å². The molecule has 0 unspecified atom stereocenters. The Labute approximate surface area is 208 Å². The van der Waals surface area contributed by atoms with Gasteiger partial charge in [-0.05, 0) is 33.9 Å². The van der Waals surface area contributed by atoms with Crippen LogP contribution in [-0.4, -0.2) is 18.0 Å². The highest BCUT2D eigenvalue weighted by Gasteiger charge is 2.31. The molecule has 0 fully saturated rings. The molecule has 0 bridgehead atoms. The predicted molar refractivity (Wildman–Crippen MR) is 153 cm³/mol. The largest absolute Gasteiger partial charge is 0.235 e. The normalized spacial score (nSPS) is 12.8. The van der Waals surface area contributed by atoms with E-state index in [1.54, 1.807) is 11.5 Å². The Bertz CT molecular complexity index is 1500. The van der Waals surface area contributed by atoms with E-state index in [-0.39, 0.29) is 5.41 Å². The molecule has 0 aliphatic heterocycles. The van der Waals surface area contributed by atoms with E-state index in [2.05, 4.69) is 96.1 Å². The van der Waals surface area contributed by atoms with Crippen molar-refractivity contribution in [2.24, 2.45) is 0 Å². The first-order chi connectivity index (χ1) is 16.3. The third-order valence-electron chi connectivity index (χ3n) is 7.86. The second-order valence-corrected chi connectivity index (χ2v) is 16.8. The van der Waals surface area contributed by atoms with Crippen LogP contribution < -0.4 is 5.19 Å². The van der Waals surface area contributed by atoms with E-state index >= 15 is 0 Å². The molecule has 0 aliphatic rings. The molecule has 34 heavy (non-hydrogen) atoms. The minimum absolute atomic E-state index is 0.126. The number of thiophene rings is 1. The zero-order chi connectivity index (χ0) is 24.1. The van der Waals surface area contributed by atoms with Gasteiger partial charge in [0.25, 0.3) is 0 Å². The Balaban J connectivity index is 1.80. The van der Waals surface area contributed by atoms with Crippen molar-refractivity contribution < 1.29 is 0 Å². The SMILES string of the molecule is CC[Si](CC)(CC)c1cc(-c2ncnc3c2sc2cc(C(C)(C)C)ccc23)cc2ccccc12. The van der Waals surface area contributed by atoms with Crippen LogP contribution in [-0.2, 0) is 5.41 Å². The quantitative estimate of drug-likeness (QED) is 0.234. The van der Waals surface area contributed by atoms with Crippen LogP contribution >= 0.6 is 11.3 Å². The third-order valence-corrected chi connectivity index (χ3v) is 14.6. The molecule has 0 radical (unpaired) electrons. The van der Waals surface area contributed by atoms with Gasteiger partial charge in [0.2, 0.25) is 0 Å². The molecule has 0 N–H and O–H groups in total. The smallest absolute Gasteiger partial charge is 0.116 e. The van der Waals surface area contributed by atoms with E-state index in [0.29, 0.717) is 0 Å². The average Bonchev–Trinajstić information content (AvgIpc) is 3.23. The van der Waals surface area contributed by atoms with Crippen molar-refractivity contribution in [3.8, 4) is 11.3 Å². The van der Waals surface area contributed by atoms with Crippen molar-refractivity contribution in [3.05, 3.63) is 66.5 Å². The topological polar surface area (TPSA) is 25.8 Å². The minimum Gasteiger partial charge on any atom is -0.235 e. The van der Waals surface area contributed by atoms with Crippen molar-refractivity contribution in [2.45, 2.75) is 65.1 Å². The summed E-state index contributed by atoms with van der Waals surface area (Å²) in [6.45, 7) is 14.0. The summed E-state index contributed by atoms with van der Waals surface area (Å²) in [6, 6.07) is 24.4. The monoisotopic (exact) mass is 482 g/mol. The van der Waals surface area contributed by atoms with Crippen molar-refractivity contribution in [1.29, 1.82) is 0 Å². The summed E-state index contributed by atoms with van der Waals surface area (Å²) in [5.74, 6) is 0. The highest BCUT2D eigenvalue weighted by atomic mass is 32.1. The van der Waals surface area contributed by atoms with Crippen LogP contribution in [0.4, 0.5) is 0 Å². The molecule has 0 spiro atoms. The molecular formula is C30H34N2SSi. The van der Waals surface area contributed by atoms with Gasteiger partial charge in [-0.25, -0.2) is 9.97 Å². The molecule has 0 amide bonds. The molecule has 2 aromatic heterocycles. The van der Waals surface area contributed by atoms with Crippen LogP contribution in [0.1, 0.15) is 47.1 Å². The summed E-state index contributed by atoms with van der Waals surface area (Å²) in [5, 5.41) is 5.58. The van der Waals surface area contributed by atoms with E-state index < -0.39 is 8.07 Å². The van der Waals surface area contributed by atoms with E-state index in [1.807, 2.05) is 11.3 Å². The Hall–Kier alpha value is -2.56. The van der Waals surface area contributed by atoms with Crippen LogP contribution in [0.5, 0.6) is 0 Å². The Morgan fingerprint density at radius 1 is 0.824 bits per heavy atom. The van der Waals surface area contributed by atoms with E-state index in [9.17, 15) is 0 Å². The molecule has 0 aliphatic carbocycles. The average molecular weight is 483 g/mol. The lowest BCUT2D eigenvalue weighted by molar-refractivity contribution is 0.591. The maximum Gasteiger partial charge on any atom is 0.116 e. The summed E-state index contributed by atoms with van der Waals surface area (Å²) < 4.78 is 2.49. The number of hydrogen-bond donors (Lipinski definition) is 0. The number of aromatic nitrogens is 2. The van der Waals surface area contributed by atoms with Gasteiger partial charge in [-0.3, -0.25) is 0 Å². The lowest BCUT2D eigenvalue weighted by Crippen LogP contribution is -2.46. The fourth-order valence-electron chi connectivity index (χ4n) is 5.45. The van der Waals surface area contributed by atoms with E-state index in [4.69, 9.17) is 9.97 Å². The maximum atomic E-state index is 4.87. The van der Waals surface area contributed by atoms with Gasteiger partial charge in [0.1, 0.15) is 6.33 Å². The maximum absolute atomic E-state index is 4.87. The molecule has 4 heteroatoms. The van der Waals surface area contributed by atoms with E-state index in [0.717, 1.165) is 11.2 Å². The van der Waals surface area contributed by atoms with Crippen molar-refractivity contribution in [1.82, 2.24) is 9.97 Å². The number of benzene rings is 3. The Kier molecular flexibility index (Phi) is 5.85. The second kappa shape index (κ2) is 8.58. The lowest BCUT2D eigenvalue weighted by Gasteiger charge is -2.30. The van der Waals surface area contributed by atoms with Gasteiger partial charge in [-0.1, -0.05) is 107 Å². The highest BCUT2D eigenvalue weighted by molar-refractivity contribution is 7.26. The standard InChI is InChI=1S/C30H34N2SSi/c1-7-34(8-2,9-3)26-17-21(16-20-12-10-11-13-23(20)26)27-29-28(32-19-31-27)24-15-14-22(30(4,5)6)18-25(24)33-29/h10-19H,7-9H2,1-6H3. The number of nitrogens with zero attached hydrogens (tertiary/aromatic N) is 2. The molecule has 0 atom stereocenters. The number of hydrogen-bond acceptors (Lipinski definition) is 3. The summed E-state index contributed by atoms with van der Waals surface area (Å²) in [4.78, 5) is 9.60. The van der Waals surface area contributed by atoms with Crippen LogP contribution in [0, 0.1) is 0 Å². The Morgan fingerprint density at radius 3 is 2.26 bits per heavy atom. The molecule has 2 heterocycles. The molecule has 5 aromatic rings. The van der Waals surface area contributed by atoms with Crippen LogP contribution in [0.3, 0.4) is 0 Å². The first-order valence-corrected chi connectivity index (χ1v) is 16.0. The molecule has 2 nitrogen and oxygen atoms in total. The van der Waals surface area contributed by atoms with Crippen molar-refractivity contribution in [2.75, 3.05) is 0 Å². The lowest BCUT2D eigenvalue weighted by atomic mass is 9.87. The summed E-state index contributed by atoms with van der Waals surface area (Å²) in [7, 11) is -1.59.